The molecule has 2 aromatic heterocycles. The van der Waals surface area contributed by atoms with E-state index in [4.69, 9.17) is 5.73 Å². The monoisotopic (exact) mass is 273 g/mol. The lowest BCUT2D eigenvalue weighted by molar-refractivity contribution is 0.264. The lowest BCUT2D eigenvalue weighted by Gasteiger charge is -2.20. The second-order valence-corrected chi connectivity index (χ2v) is 5.98. The van der Waals surface area contributed by atoms with Crippen molar-refractivity contribution in [2.75, 3.05) is 13.1 Å². The molecule has 1 aliphatic heterocycles. The van der Waals surface area contributed by atoms with Gasteiger partial charge in [-0.05, 0) is 44.9 Å². The molecule has 0 bridgehead atoms. The summed E-state index contributed by atoms with van der Waals surface area (Å²) in [6, 6.07) is 6.67. The summed E-state index contributed by atoms with van der Waals surface area (Å²) in [6.07, 6.45) is 2.24. The van der Waals surface area contributed by atoms with Gasteiger partial charge in [0.25, 0.3) is 0 Å². The zero-order valence-corrected chi connectivity index (χ0v) is 12.3. The van der Waals surface area contributed by atoms with E-state index in [9.17, 15) is 0 Å². The molecule has 20 heavy (non-hydrogen) atoms. The van der Waals surface area contributed by atoms with Gasteiger partial charge >= 0.3 is 0 Å². The fourth-order valence-electron chi connectivity index (χ4n) is 3.12. The zero-order chi connectivity index (χ0) is 14.1. The number of pyridine rings is 1. The predicted molar refractivity (Wildman–Crippen MR) is 79.4 cm³/mol. The third-order valence-electron chi connectivity index (χ3n) is 4.30. The van der Waals surface area contributed by atoms with Crippen molar-refractivity contribution in [2.24, 2.45) is 11.7 Å². The molecule has 1 unspecified atom stereocenters. The van der Waals surface area contributed by atoms with Crippen molar-refractivity contribution in [3.05, 3.63) is 29.7 Å². The van der Waals surface area contributed by atoms with E-state index in [1.165, 1.54) is 13.0 Å². The van der Waals surface area contributed by atoms with Crippen molar-refractivity contribution in [3.63, 3.8) is 0 Å². The molecule has 0 saturated carbocycles. The Morgan fingerprint density at radius 1 is 1.35 bits per heavy atom. The second-order valence-electron chi connectivity index (χ2n) is 5.98. The maximum atomic E-state index is 5.83. The van der Waals surface area contributed by atoms with Crippen molar-refractivity contribution < 1.29 is 0 Å². The molecule has 1 saturated heterocycles. The van der Waals surface area contributed by atoms with E-state index in [2.05, 4.69) is 39.4 Å². The number of aromatic nitrogens is 3. The van der Waals surface area contributed by atoms with Crippen molar-refractivity contribution >= 4 is 5.65 Å². The minimum Gasteiger partial charge on any atom is -0.325 e. The largest absolute Gasteiger partial charge is 0.325 e. The van der Waals surface area contributed by atoms with Crippen molar-refractivity contribution in [2.45, 2.75) is 39.3 Å². The number of likely N-dealkylation sites (tertiary alicyclic amines) is 1. The molecule has 0 aromatic carbocycles. The number of fused-ring (bicyclic) bond motifs is 1. The molecule has 0 amide bonds. The molecule has 5 heteroatoms. The topological polar surface area (TPSA) is 59.5 Å². The molecule has 108 valence electrons. The van der Waals surface area contributed by atoms with Gasteiger partial charge in [-0.3, -0.25) is 4.40 Å². The third-order valence-corrected chi connectivity index (χ3v) is 4.30. The Kier molecular flexibility index (Phi) is 3.72. The predicted octanol–water partition coefficient (Wildman–Crippen LogP) is 1.46. The Balaban J connectivity index is 1.82. The smallest absolute Gasteiger partial charge is 0.161 e. The van der Waals surface area contributed by atoms with E-state index in [0.717, 1.165) is 30.1 Å². The van der Waals surface area contributed by atoms with E-state index in [1.807, 2.05) is 12.1 Å². The van der Waals surface area contributed by atoms with Gasteiger partial charge < -0.3 is 10.6 Å². The SMILES string of the molecule is CC(C)N1CCC(Cc2nnc3cccc(CN)n23)C1. The fourth-order valence-corrected chi connectivity index (χ4v) is 3.12. The van der Waals surface area contributed by atoms with Crippen LogP contribution in [0.25, 0.3) is 5.65 Å². The minimum atomic E-state index is 0.519. The zero-order valence-electron chi connectivity index (χ0n) is 12.3. The van der Waals surface area contributed by atoms with Crippen LogP contribution in [0.3, 0.4) is 0 Å². The lowest BCUT2D eigenvalue weighted by atomic mass is 10.0. The maximum Gasteiger partial charge on any atom is 0.161 e. The van der Waals surface area contributed by atoms with Crippen LogP contribution < -0.4 is 5.73 Å². The summed E-state index contributed by atoms with van der Waals surface area (Å²) in [4.78, 5) is 2.54. The summed E-state index contributed by atoms with van der Waals surface area (Å²) >= 11 is 0. The number of rotatable bonds is 4. The first-order valence-corrected chi connectivity index (χ1v) is 7.45. The average molecular weight is 273 g/mol. The highest BCUT2D eigenvalue weighted by Crippen LogP contribution is 2.22. The molecule has 3 rings (SSSR count). The average Bonchev–Trinajstić information content (AvgIpc) is 3.06. The molecule has 2 aromatic rings. The molecular weight excluding hydrogens is 250 g/mol. The maximum absolute atomic E-state index is 5.83. The normalized spacial score (nSPS) is 20.3. The standard InChI is InChI=1S/C15H23N5/c1-11(2)19-7-6-12(10-19)8-15-18-17-14-5-3-4-13(9-16)20(14)15/h3-5,11-12H,6-10,16H2,1-2H3. The fraction of sp³-hybridized carbons (Fsp3) is 0.600. The van der Waals surface area contributed by atoms with Crippen LogP contribution in [-0.4, -0.2) is 38.6 Å². The van der Waals surface area contributed by atoms with Gasteiger partial charge in [0, 0.05) is 31.2 Å². The van der Waals surface area contributed by atoms with Gasteiger partial charge in [-0.25, -0.2) is 0 Å². The number of hydrogen-bond acceptors (Lipinski definition) is 4. The first-order valence-electron chi connectivity index (χ1n) is 7.45. The summed E-state index contributed by atoms with van der Waals surface area (Å²) < 4.78 is 2.12. The quantitative estimate of drug-likeness (QED) is 0.916. The Morgan fingerprint density at radius 3 is 2.90 bits per heavy atom. The van der Waals surface area contributed by atoms with Gasteiger partial charge in [0.2, 0.25) is 0 Å². The van der Waals surface area contributed by atoms with E-state index in [-0.39, 0.29) is 0 Å². The minimum absolute atomic E-state index is 0.519. The van der Waals surface area contributed by atoms with Crippen LogP contribution in [0.2, 0.25) is 0 Å². The summed E-state index contributed by atoms with van der Waals surface area (Å²) in [7, 11) is 0. The van der Waals surface area contributed by atoms with Crippen LogP contribution in [0.1, 0.15) is 31.8 Å². The third kappa shape index (κ3) is 2.43. The Labute approximate surface area is 119 Å². The summed E-state index contributed by atoms with van der Waals surface area (Å²) in [5.41, 5.74) is 7.82. The van der Waals surface area contributed by atoms with Gasteiger partial charge in [0.05, 0.1) is 0 Å². The molecule has 5 nitrogen and oxygen atoms in total. The van der Waals surface area contributed by atoms with Crippen LogP contribution >= 0.6 is 0 Å². The molecule has 0 radical (unpaired) electrons. The van der Waals surface area contributed by atoms with E-state index in [1.54, 1.807) is 0 Å². The molecule has 3 heterocycles. The van der Waals surface area contributed by atoms with Crippen LogP contribution in [-0.2, 0) is 13.0 Å². The van der Waals surface area contributed by atoms with Gasteiger partial charge in [0.15, 0.2) is 5.65 Å². The molecule has 2 N–H and O–H groups in total. The second kappa shape index (κ2) is 5.50. The summed E-state index contributed by atoms with van der Waals surface area (Å²) in [5.74, 6) is 1.73. The van der Waals surface area contributed by atoms with Crippen molar-refractivity contribution in [1.82, 2.24) is 19.5 Å². The Morgan fingerprint density at radius 2 is 2.20 bits per heavy atom. The Bertz CT molecular complexity index is 589. The first-order chi connectivity index (χ1) is 9.69. The molecule has 0 spiro atoms. The molecule has 1 atom stereocenters. The van der Waals surface area contributed by atoms with Gasteiger partial charge in [0.1, 0.15) is 5.82 Å². The van der Waals surface area contributed by atoms with Gasteiger partial charge in [-0.2, -0.15) is 0 Å². The van der Waals surface area contributed by atoms with Crippen LogP contribution in [0.5, 0.6) is 0 Å². The van der Waals surface area contributed by atoms with Crippen LogP contribution in [0.4, 0.5) is 0 Å². The number of hydrogen-bond donors (Lipinski definition) is 1. The van der Waals surface area contributed by atoms with Crippen molar-refractivity contribution in [3.8, 4) is 0 Å². The van der Waals surface area contributed by atoms with E-state index >= 15 is 0 Å². The van der Waals surface area contributed by atoms with E-state index < -0.39 is 0 Å². The number of nitrogens with zero attached hydrogens (tertiary/aromatic N) is 4. The first kappa shape index (κ1) is 13.5. The lowest BCUT2D eigenvalue weighted by Crippen LogP contribution is -2.28. The van der Waals surface area contributed by atoms with E-state index in [0.29, 0.717) is 18.5 Å². The molecule has 1 aliphatic rings. The summed E-state index contributed by atoms with van der Waals surface area (Å²) in [5, 5.41) is 8.64. The summed E-state index contributed by atoms with van der Waals surface area (Å²) in [6.45, 7) is 7.41. The molecule has 1 fully saturated rings. The molecule has 0 aliphatic carbocycles. The van der Waals surface area contributed by atoms with Crippen LogP contribution in [0.15, 0.2) is 18.2 Å². The number of nitrogens with two attached hydrogens (primary N) is 1. The highest BCUT2D eigenvalue weighted by molar-refractivity contribution is 5.40. The highest BCUT2D eigenvalue weighted by Gasteiger charge is 2.25. The van der Waals surface area contributed by atoms with Crippen LogP contribution in [0, 0.1) is 5.92 Å². The highest BCUT2D eigenvalue weighted by atomic mass is 15.3. The van der Waals surface area contributed by atoms with Gasteiger partial charge in [-0.15, -0.1) is 10.2 Å². The Hall–Kier alpha value is -1.46. The van der Waals surface area contributed by atoms with Gasteiger partial charge in [-0.1, -0.05) is 6.07 Å². The molecular formula is C15H23N5. The van der Waals surface area contributed by atoms with Crippen molar-refractivity contribution in [1.29, 1.82) is 0 Å².